The molecule has 5 nitrogen and oxygen atoms in total. The number of nitrogens with two attached hydrogens (primary N) is 1. The summed E-state index contributed by atoms with van der Waals surface area (Å²) in [7, 11) is 0. The van der Waals surface area contributed by atoms with Crippen molar-refractivity contribution in [1.82, 2.24) is 0 Å². The van der Waals surface area contributed by atoms with E-state index in [9.17, 15) is 4.79 Å². The van der Waals surface area contributed by atoms with Crippen molar-refractivity contribution < 1.29 is 14.3 Å². The van der Waals surface area contributed by atoms with Gasteiger partial charge in [-0.1, -0.05) is 31.2 Å². The van der Waals surface area contributed by atoms with E-state index in [1.54, 1.807) is 4.90 Å². The molecule has 2 aromatic rings. The highest BCUT2D eigenvalue weighted by Gasteiger charge is 2.46. The minimum absolute atomic E-state index is 0.0755. The summed E-state index contributed by atoms with van der Waals surface area (Å²) in [6, 6.07) is 13.1. The fourth-order valence-corrected chi connectivity index (χ4v) is 3.14. The Morgan fingerprint density at radius 2 is 1.87 bits per heavy atom. The predicted molar refractivity (Wildman–Crippen MR) is 86.6 cm³/mol. The van der Waals surface area contributed by atoms with Crippen molar-refractivity contribution in [2.45, 2.75) is 25.4 Å². The van der Waals surface area contributed by atoms with Crippen LogP contribution in [0.25, 0.3) is 0 Å². The monoisotopic (exact) mass is 310 g/mol. The highest BCUT2D eigenvalue weighted by molar-refractivity contribution is 6.05. The van der Waals surface area contributed by atoms with Crippen LogP contribution in [0.1, 0.15) is 24.1 Å². The average molecular weight is 310 g/mol. The molecule has 2 heterocycles. The minimum atomic E-state index is -0.507. The molecular formula is C18H18N2O3. The van der Waals surface area contributed by atoms with Crippen molar-refractivity contribution >= 4 is 11.6 Å². The van der Waals surface area contributed by atoms with Crippen molar-refractivity contribution in [3.8, 4) is 11.5 Å². The summed E-state index contributed by atoms with van der Waals surface area (Å²) < 4.78 is 10.7. The molecule has 0 bridgehead atoms. The largest absolute Gasteiger partial charge is 0.454 e. The molecule has 0 radical (unpaired) electrons. The van der Waals surface area contributed by atoms with Crippen molar-refractivity contribution in [2.75, 3.05) is 11.7 Å². The Hall–Kier alpha value is -2.53. The third kappa shape index (κ3) is 2.16. The van der Waals surface area contributed by atoms with Gasteiger partial charge >= 0.3 is 0 Å². The Bertz CT molecular complexity index is 757. The van der Waals surface area contributed by atoms with Gasteiger partial charge in [-0.2, -0.15) is 0 Å². The molecule has 5 heteroatoms. The van der Waals surface area contributed by atoms with Crippen LogP contribution in [-0.2, 0) is 11.2 Å². The van der Waals surface area contributed by atoms with Gasteiger partial charge in [0, 0.05) is 11.8 Å². The normalized spacial score (nSPS) is 22.2. The number of carbonyl (C=O) groups is 1. The van der Waals surface area contributed by atoms with Gasteiger partial charge < -0.3 is 20.1 Å². The van der Waals surface area contributed by atoms with E-state index in [2.05, 4.69) is 31.2 Å². The number of β-lactam (4-membered cyclic amide) rings is 1. The number of benzene rings is 2. The lowest BCUT2D eigenvalue weighted by Crippen LogP contribution is -2.63. The zero-order valence-corrected chi connectivity index (χ0v) is 12.9. The number of hydrogen-bond acceptors (Lipinski definition) is 4. The molecule has 0 unspecified atom stereocenters. The van der Waals surface area contributed by atoms with Gasteiger partial charge in [0.1, 0.15) is 6.04 Å². The molecule has 2 aliphatic heterocycles. The van der Waals surface area contributed by atoms with Crippen LogP contribution in [-0.4, -0.2) is 18.7 Å². The highest BCUT2D eigenvalue weighted by Crippen LogP contribution is 2.42. The Kier molecular flexibility index (Phi) is 3.23. The van der Waals surface area contributed by atoms with Crippen LogP contribution < -0.4 is 20.1 Å². The van der Waals surface area contributed by atoms with E-state index in [1.807, 2.05) is 18.2 Å². The molecule has 1 amide bonds. The van der Waals surface area contributed by atoms with Gasteiger partial charge in [0.05, 0.1) is 6.04 Å². The molecule has 0 saturated carbocycles. The zero-order valence-electron chi connectivity index (χ0n) is 12.9. The van der Waals surface area contributed by atoms with Crippen LogP contribution in [0.4, 0.5) is 5.69 Å². The first-order valence-corrected chi connectivity index (χ1v) is 7.76. The number of amides is 1. The molecule has 1 saturated heterocycles. The van der Waals surface area contributed by atoms with Crippen LogP contribution in [0.3, 0.4) is 0 Å². The summed E-state index contributed by atoms with van der Waals surface area (Å²) >= 11 is 0. The van der Waals surface area contributed by atoms with Gasteiger partial charge in [-0.3, -0.25) is 4.79 Å². The van der Waals surface area contributed by atoms with Gasteiger partial charge in [-0.15, -0.1) is 0 Å². The first-order valence-electron chi connectivity index (χ1n) is 7.76. The van der Waals surface area contributed by atoms with Crippen LogP contribution >= 0.6 is 0 Å². The van der Waals surface area contributed by atoms with E-state index in [1.165, 1.54) is 5.56 Å². The Morgan fingerprint density at radius 1 is 1.13 bits per heavy atom. The van der Waals surface area contributed by atoms with Crippen molar-refractivity contribution in [1.29, 1.82) is 0 Å². The van der Waals surface area contributed by atoms with Gasteiger partial charge in [0.15, 0.2) is 11.5 Å². The molecule has 0 spiro atoms. The summed E-state index contributed by atoms with van der Waals surface area (Å²) in [6.07, 6.45) is 0.988. The number of rotatable bonds is 3. The number of nitrogens with zero attached hydrogens (tertiary/aromatic N) is 1. The Morgan fingerprint density at radius 3 is 2.61 bits per heavy atom. The van der Waals surface area contributed by atoms with Crippen LogP contribution in [0.15, 0.2) is 42.5 Å². The maximum atomic E-state index is 12.3. The van der Waals surface area contributed by atoms with E-state index in [-0.39, 0.29) is 18.7 Å². The van der Waals surface area contributed by atoms with Crippen LogP contribution in [0.2, 0.25) is 0 Å². The average Bonchev–Trinajstić information content (AvgIpc) is 3.06. The molecule has 4 rings (SSSR count). The third-order valence-electron chi connectivity index (χ3n) is 4.50. The van der Waals surface area contributed by atoms with E-state index in [4.69, 9.17) is 15.2 Å². The van der Waals surface area contributed by atoms with Gasteiger partial charge in [0.2, 0.25) is 12.7 Å². The maximum absolute atomic E-state index is 12.3. The first-order chi connectivity index (χ1) is 11.2. The molecule has 2 N–H and O–H groups in total. The van der Waals surface area contributed by atoms with Gasteiger partial charge in [0.25, 0.3) is 0 Å². The number of carbonyl (C=O) groups excluding carboxylic acids is 1. The second kappa shape index (κ2) is 5.28. The molecule has 118 valence electrons. The summed E-state index contributed by atoms with van der Waals surface area (Å²) in [4.78, 5) is 14.0. The Balaban J connectivity index is 1.67. The summed E-state index contributed by atoms with van der Waals surface area (Å²) in [5.41, 5.74) is 9.16. The molecule has 0 aromatic heterocycles. The van der Waals surface area contributed by atoms with Crippen molar-refractivity contribution in [2.24, 2.45) is 5.73 Å². The number of ether oxygens (including phenoxy) is 2. The Labute approximate surface area is 134 Å². The molecule has 1 fully saturated rings. The lowest BCUT2D eigenvalue weighted by molar-refractivity contribution is -0.126. The zero-order chi connectivity index (χ0) is 16.0. The van der Waals surface area contributed by atoms with Crippen molar-refractivity contribution in [3.05, 3.63) is 53.6 Å². The quantitative estimate of drug-likeness (QED) is 0.884. The standard InChI is InChI=1S/C18H18N2O3/c1-2-11-3-5-12(6-4-11)17-16(19)18(21)20(17)13-7-8-14-15(9-13)23-10-22-14/h3-9,16-17H,2,10,19H2,1H3/t16-,17-/m1/s1. The van der Waals surface area contributed by atoms with E-state index < -0.39 is 6.04 Å². The fraction of sp³-hybridized carbons (Fsp3) is 0.278. The third-order valence-corrected chi connectivity index (χ3v) is 4.50. The minimum Gasteiger partial charge on any atom is -0.454 e. The van der Waals surface area contributed by atoms with Gasteiger partial charge in [-0.25, -0.2) is 0 Å². The van der Waals surface area contributed by atoms with Crippen LogP contribution in [0, 0.1) is 0 Å². The highest BCUT2D eigenvalue weighted by atomic mass is 16.7. The number of fused-ring (bicyclic) bond motifs is 1. The molecule has 23 heavy (non-hydrogen) atoms. The molecule has 0 aliphatic carbocycles. The second-order valence-electron chi connectivity index (χ2n) is 5.81. The lowest BCUT2D eigenvalue weighted by Gasteiger charge is -2.45. The van der Waals surface area contributed by atoms with Gasteiger partial charge in [-0.05, 0) is 29.7 Å². The van der Waals surface area contributed by atoms with Crippen LogP contribution in [0.5, 0.6) is 11.5 Å². The summed E-state index contributed by atoms with van der Waals surface area (Å²) in [6.45, 7) is 2.33. The van der Waals surface area contributed by atoms with E-state index >= 15 is 0 Å². The lowest BCUT2D eigenvalue weighted by atomic mass is 9.88. The fourth-order valence-electron chi connectivity index (χ4n) is 3.14. The SMILES string of the molecule is CCc1ccc([C@@H]2[C@@H](N)C(=O)N2c2ccc3c(c2)OCO3)cc1. The second-order valence-corrected chi connectivity index (χ2v) is 5.81. The maximum Gasteiger partial charge on any atom is 0.247 e. The molecule has 2 atom stereocenters. The number of anilines is 1. The molecular weight excluding hydrogens is 292 g/mol. The predicted octanol–water partition coefficient (Wildman–Crippen LogP) is 2.39. The summed E-state index contributed by atoms with van der Waals surface area (Å²) in [5.74, 6) is 1.29. The topological polar surface area (TPSA) is 64.8 Å². The molecule has 2 aromatic carbocycles. The summed E-state index contributed by atoms with van der Waals surface area (Å²) in [5, 5.41) is 0. The van der Waals surface area contributed by atoms with Crippen molar-refractivity contribution in [3.63, 3.8) is 0 Å². The number of hydrogen-bond donors (Lipinski definition) is 1. The first kappa shape index (κ1) is 14.1. The number of aryl methyl sites for hydroxylation is 1. The smallest absolute Gasteiger partial charge is 0.247 e. The van der Waals surface area contributed by atoms with E-state index in [0.29, 0.717) is 11.5 Å². The molecule has 2 aliphatic rings. The van der Waals surface area contributed by atoms with E-state index in [0.717, 1.165) is 17.7 Å².